The maximum Gasteiger partial charge on any atom is 0.305 e. The molecule has 3 aliphatic rings. The average Bonchev–Trinajstić information content (AvgIpc) is 3.85. The number of nitrogens with zero attached hydrogens (tertiary/aromatic N) is 2. The Kier molecular flexibility index (Phi) is 32.0. The summed E-state index contributed by atoms with van der Waals surface area (Å²) in [7, 11) is 3.98. The van der Waals surface area contributed by atoms with Gasteiger partial charge >= 0.3 is 11.9 Å². The molecule has 3 aliphatic heterocycles. The SMILES string of the molecule is CC/C=C\C/C=C\C/C=C\C/C=C\C/C=C\CCCC(=O)OCCCN1CCCCC1C(=O)Cc1c(C)cccc1C.Cc1cccc(C)c1CC(=O)C1CCCCN1CCCOC(=O)CCCC[C@]1(C)CCSS1. The minimum absolute atomic E-state index is 0.00134. The van der Waals surface area contributed by atoms with Crippen LogP contribution in [0.2, 0.25) is 0 Å². The summed E-state index contributed by atoms with van der Waals surface area (Å²) < 4.78 is 11.4. The van der Waals surface area contributed by atoms with Crippen molar-refractivity contribution in [1.82, 2.24) is 9.80 Å². The van der Waals surface area contributed by atoms with Crippen LogP contribution >= 0.6 is 21.6 Å². The van der Waals surface area contributed by atoms with Gasteiger partial charge in [0.15, 0.2) is 11.6 Å². The first kappa shape index (κ1) is 63.6. The predicted octanol–water partition coefficient (Wildman–Crippen LogP) is 15.4. The molecule has 0 aromatic heterocycles. The highest BCUT2D eigenvalue weighted by Gasteiger charge is 2.31. The maximum atomic E-state index is 13.2. The molecular formula is C65H96N2O6S2. The third-order valence-electron chi connectivity index (χ3n) is 14.9. The van der Waals surface area contributed by atoms with E-state index in [2.05, 4.69) is 149 Å². The fraction of sp³-hybridized carbons (Fsp3) is 0.600. The first-order valence-electron chi connectivity index (χ1n) is 28.9. The number of likely N-dealkylation sites (tertiary alicyclic amines) is 2. The molecule has 75 heavy (non-hydrogen) atoms. The van der Waals surface area contributed by atoms with Crippen molar-refractivity contribution in [3.8, 4) is 0 Å². The molecule has 10 heteroatoms. The zero-order valence-corrected chi connectivity index (χ0v) is 48.9. The van der Waals surface area contributed by atoms with Crippen molar-refractivity contribution < 1.29 is 28.7 Å². The van der Waals surface area contributed by atoms with Gasteiger partial charge in [0.05, 0.1) is 25.3 Å². The highest BCUT2D eigenvalue weighted by Crippen LogP contribution is 2.49. The maximum absolute atomic E-state index is 13.2. The molecule has 0 amide bonds. The highest BCUT2D eigenvalue weighted by atomic mass is 33.1. The lowest BCUT2D eigenvalue weighted by Gasteiger charge is -2.35. The number of unbranched alkanes of at least 4 members (excludes halogenated alkanes) is 2. The Balaban J connectivity index is 0.000000333. The number of piperidine rings is 2. The zero-order valence-electron chi connectivity index (χ0n) is 47.3. The summed E-state index contributed by atoms with van der Waals surface area (Å²) in [5, 5.41) is 0. The van der Waals surface area contributed by atoms with Crippen LogP contribution in [0.15, 0.2) is 97.2 Å². The predicted molar refractivity (Wildman–Crippen MR) is 319 cm³/mol. The zero-order chi connectivity index (χ0) is 53.9. The molecular weight excluding hydrogens is 969 g/mol. The lowest BCUT2D eigenvalue weighted by Crippen LogP contribution is -2.46. The third-order valence-corrected chi connectivity index (χ3v) is 18.2. The van der Waals surface area contributed by atoms with Gasteiger partial charge in [0.1, 0.15) is 0 Å². The van der Waals surface area contributed by atoms with Crippen LogP contribution in [-0.2, 0) is 41.5 Å². The summed E-state index contributed by atoms with van der Waals surface area (Å²) in [6.07, 6.45) is 43.0. The van der Waals surface area contributed by atoms with Crippen LogP contribution in [0.25, 0.3) is 0 Å². The van der Waals surface area contributed by atoms with Crippen molar-refractivity contribution in [3.05, 3.63) is 131 Å². The molecule has 2 aromatic rings. The van der Waals surface area contributed by atoms with Gasteiger partial charge in [0.2, 0.25) is 0 Å². The second-order valence-electron chi connectivity index (χ2n) is 21.2. The van der Waals surface area contributed by atoms with Crippen LogP contribution in [0.5, 0.6) is 0 Å². The van der Waals surface area contributed by atoms with Crippen molar-refractivity contribution in [2.45, 2.75) is 206 Å². The normalized spacial score (nSPS) is 19.7. The second-order valence-corrected chi connectivity index (χ2v) is 24.2. The van der Waals surface area contributed by atoms with Crippen molar-refractivity contribution in [3.63, 3.8) is 0 Å². The van der Waals surface area contributed by atoms with Crippen LogP contribution in [0.1, 0.15) is 182 Å². The van der Waals surface area contributed by atoms with E-state index in [0.717, 1.165) is 135 Å². The fourth-order valence-corrected chi connectivity index (χ4v) is 13.6. The van der Waals surface area contributed by atoms with Crippen LogP contribution in [0, 0.1) is 27.7 Å². The molecule has 0 N–H and O–H groups in total. The quantitative estimate of drug-likeness (QED) is 0.0305. The van der Waals surface area contributed by atoms with Crippen molar-refractivity contribution in [1.29, 1.82) is 0 Å². The van der Waals surface area contributed by atoms with Gasteiger partial charge in [-0.3, -0.25) is 29.0 Å². The van der Waals surface area contributed by atoms with Crippen LogP contribution in [0.4, 0.5) is 0 Å². The van der Waals surface area contributed by atoms with Gasteiger partial charge in [-0.25, -0.2) is 0 Å². The van der Waals surface area contributed by atoms with Crippen LogP contribution in [-0.4, -0.2) is 95.3 Å². The molecule has 2 aromatic carbocycles. The number of rotatable bonds is 32. The van der Waals surface area contributed by atoms with E-state index in [1.54, 1.807) is 0 Å². The van der Waals surface area contributed by atoms with Crippen LogP contribution < -0.4 is 0 Å². The molecule has 8 nitrogen and oxygen atoms in total. The minimum atomic E-state index is -0.122. The molecule has 3 saturated heterocycles. The van der Waals surface area contributed by atoms with Gasteiger partial charge in [-0.2, -0.15) is 0 Å². The van der Waals surface area contributed by atoms with Gasteiger partial charge in [-0.05, 0) is 184 Å². The van der Waals surface area contributed by atoms with Gasteiger partial charge in [-0.1, -0.05) is 145 Å². The summed E-state index contributed by atoms with van der Waals surface area (Å²) in [5.41, 5.74) is 7.14. The molecule has 3 heterocycles. The number of hydrogen-bond acceptors (Lipinski definition) is 10. The molecule has 414 valence electrons. The lowest BCUT2D eigenvalue weighted by atomic mass is 9.91. The number of aryl methyl sites for hydroxylation is 4. The lowest BCUT2D eigenvalue weighted by molar-refractivity contribution is -0.145. The van der Waals surface area contributed by atoms with Gasteiger partial charge in [-0.15, -0.1) is 0 Å². The number of ketones is 2. The largest absolute Gasteiger partial charge is 0.466 e. The van der Waals surface area contributed by atoms with Gasteiger partial charge in [0, 0.05) is 49.3 Å². The third kappa shape index (κ3) is 25.8. The number of ether oxygens (including phenoxy) is 2. The van der Waals surface area contributed by atoms with Crippen LogP contribution in [0.3, 0.4) is 0 Å². The summed E-state index contributed by atoms with van der Waals surface area (Å²) >= 11 is 0. The minimum Gasteiger partial charge on any atom is -0.466 e. The number of esters is 2. The Morgan fingerprint density at radius 2 is 1.03 bits per heavy atom. The first-order valence-corrected chi connectivity index (χ1v) is 31.2. The van der Waals surface area contributed by atoms with E-state index < -0.39 is 0 Å². The van der Waals surface area contributed by atoms with E-state index in [1.807, 2.05) is 21.6 Å². The standard InChI is InChI=1S/C38H55NO3.C27H41NO3S2/c1-4-5-6-7-8-9-10-11-12-13-14-15-16-17-18-19-20-28-38(41)42-31-24-30-39-29-22-21-27-36(39)37(40)32-35-33(2)25-23-26-34(35)3;1-21-10-8-11-22(2)23(21)20-25(29)24-12-5-7-16-28(24)17-9-18-31-26(30)13-4-6-14-27(3)15-19-32-33-27/h5-6,8-9,11-12,14-15,17-18,23,25-26,36H,4,7,10,13,16,19-22,24,27-32H2,1-3H3;8,10-11,24H,4-7,9,12-20H2,1-3H3/b6-5-,9-8-,12-11-,15-14-,18-17-;/t;24?,27-/m.1/s1. The van der Waals surface area contributed by atoms with E-state index in [1.165, 1.54) is 52.0 Å². The molecule has 0 bridgehead atoms. The summed E-state index contributed by atoms with van der Waals surface area (Å²) in [6, 6.07) is 12.5. The Morgan fingerprint density at radius 1 is 0.587 bits per heavy atom. The number of carbonyl (C=O) groups excluding carboxylic acids is 4. The molecule has 2 unspecified atom stereocenters. The Bertz CT molecular complexity index is 2110. The number of carbonyl (C=O) groups is 4. The second kappa shape index (κ2) is 37.8. The molecule has 0 aliphatic carbocycles. The summed E-state index contributed by atoms with van der Waals surface area (Å²) in [6.45, 7) is 17.3. The molecule has 5 rings (SSSR count). The van der Waals surface area contributed by atoms with Gasteiger partial charge in [0.25, 0.3) is 0 Å². The highest BCUT2D eigenvalue weighted by molar-refractivity contribution is 8.77. The Morgan fingerprint density at radius 3 is 1.47 bits per heavy atom. The fourth-order valence-electron chi connectivity index (χ4n) is 10.3. The molecule has 0 radical (unpaired) electrons. The topological polar surface area (TPSA) is 93.2 Å². The first-order chi connectivity index (χ1) is 36.4. The monoisotopic (exact) mass is 1060 g/mol. The summed E-state index contributed by atoms with van der Waals surface area (Å²) in [5.74, 6) is 1.70. The average molecular weight is 1070 g/mol. The van der Waals surface area contributed by atoms with E-state index in [-0.39, 0.29) is 24.0 Å². The van der Waals surface area contributed by atoms with E-state index in [0.29, 0.717) is 55.2 Å². The van der Waals surface area contributed by atoms with E-state index in [4.69, 9.17) is 9.47 Å². The van der Waals surface area contributed by atoms with E-state index in [9.17, 15) is 19.2 Å². The number of allylic oxidation sites excluding steroid dienone is 10. The van der Waals surface area contributed by atoms with E-state index >= 15 is 0 Å². The number of hydrogen-bond donors (Lipinski definition) is 0. The molecule has 0 saturated carbocycles. The van der Waals surface area contributed by atoms with Crippen molar-refractivity contribution in [2.24, 2.45) is 0 Å². The van der Waals surface area contributed by atoms with Crippen molar-refractivity contribution >= 4 is 45.1 Å². The number of benzene rings is 2. The Labute approximate surface area is 462 Å². The Hall–Kier alpha value is -3.96. The molecule has 3 fully saturated rings. The smallest absolute Gasteiger partial charge is 0.305 e. The molecule has 3 atom stereocenters. The van der Waals surface area contributed by atoms with Gasteiger partial charge < -0.3 is 9.47 Å². The summed E-state index contributed by atoms with van der Waals surface area (Å²) in [4.78, 5) is 55.3. The van der Waals surface area contributed by atoms with Crippen molar-refractivity contribution in [2.75, 3.05) is 45.1 Å². The molecule has 0 spiro atoms. The number of Topliss-reactive ketones (excluding diaryl/α,β-unsaturated/α-hetero) is 2.